The van der Waals surface area contributed by atoms with Crippen LogP contribution in [0.1, 0.15) is 45.1 Å². The third-order valence-corrected chi connectivity index (χ3v) is 5.70. The Hall–Kier alpha value is -3.20. The quantitative estimate of drug-likeness (QED) is 0.567. The van der Waals surface area contributed by atoms with Gasteiger partial charge in [0.05, 0.1) is 23.1 Å². The number of carbonyl (C=O) groups excluding carboxylic acids is 1. The normalized spacial score (nSPS) is 17.7. The van der Waals surface area contributed by atoms with Crippen LogP contribution in [0.4, 0.5) is 11.4 Å². The highest BCUT2D eigenvalue weighted by Crippen LogP contribution is 2.45. The number of hydrogen-bond donors (Lipinski definition) is 0. The van der Waals surface area contributed by atoms with Gasteiger partial charge in [0, 0.05) is 12.0 Å². The van der Waals surface area contributed by atoms with Crippen LogP contribution in [0.15, 0.2) is 71.7 Å². The maximum absolute atomic E-state index is 13.2. The Morgan fingerprint density at radius 2 is 1.70 bits per heavy atom. The second kappa shape index (κ2) is 5.92. The summed E-state index contributed by atoms with van der Waals surface area (Å²) in [6.07, 6.45) is 0.708. The van der Waals surface area contributed by atoms with Gasteiger partial charge in [-0.3, -0.25) is 14.7 Å². The molecule has 0 N–H and O–H groups in total. The summed E-state index contributed by atoms with van der Waals surface area (Å²) in [7, 11) is 0. The minimum atomic E-state index is -0.0160. The predicted octanol–water partition coefficient (Wildman–Crippen LogP) is 5.53. The highest BCUT2D eigenvalue weighted by Gasteiger charge is 2.40. The topological polar surface area (TPSA) is 32.7 Å². The molecule has 2 heterocycles. The van der Waals surface area contributed by atoms with Crippen molar-refractivity contribution in [2.24, 2.45) is 4.99 Å². The average molecular weight is 352 g/mol. The van der Waals surface area contributed by atoms with Crippen LogP contribution in [0, 0.1) is 13.8 Å². The number of carbonyl (C=O) groups is 1. The SMILES string of the molecule is Cc1ccc(C2=Nc3ccccc3N3C(=O)c4ccccc4[C@H]3C2)cc1C. The lowest BCUT2D eigenvalue weighted by atomic mass is 9.95. The van der Waals surface area contributed by atoms with Gasteiger partial charge in [-0.2, -0.15) is 0 Å². The van der Waals surface area contributed by atoms with Gasteiger partial charge in [0.2, 0.25) is 0 Å². The number of fused-ring (bicyclic) bond motifs is 5. The molecule has 132 valence electrons. The molecule has 3 nitrogen and oxygen atoms in total. The molecule has 5 rings (SSSR count). The molecule has 2 aliphatic heterocycles. The zero-order valence-electron chi connectivity index (χ0n) is 15.4. The van der Waals surface area contributed by atoms with Gasteiger partial charge in [-0.05, 0) is 60.4 Å². The van der Waals surface area contributed by atoms with Crippen molar-refractivity contribution in [2.45, 2.75) is 26.3 Å². The van der Waals surface area contributed by atoms with E-state index in [2.05, 4.69) is 38.1 Å². The summed E-state index contributed by atoms with van der Waals surface area (Å²) in [6, 6.07) is 22.4. The third kappa shape index (κ3) is 2.42. The second-order valence-electron chi connectivity index (χ2n) is 7.33. The van der Waals surface area contributed by atoms with Crippen LogP contribution in [0.25, 0.3) is 0 Å². The van der Waals surface area contributed by atoms with E-state index < -0.39 is 0 Å². The minimum absolute atomic E-state index is 0.0160. The number of rotatable bonds is 1. The van der Waals surface area contributed by atoms with Gasteiger partial charge in [-0.25, -0.2) is 0 Å². The molecule has 0 bridgehead atoms. The third-order valence-electron chi connectivity index (χ3n) is 5.70. The maximum Gasteiger partial charge on any atom is 0.259 e. The van der Waals surface area contributed by atoms with Crippen LogP contribution >= 0.6 is 0 Å². The largest absolute Gasteiger partial charge is 0.298 e. The summed E-state index contributed by atoms with van der Waals surface area (Å²) < 4.78 is 0. The summed E-state index contributed by atoms with van der Waals surface area (Å²) in [5, 5.41) is 0. The van der Waals surface area contributed by atoms with Crippen LogP contribution in [0.5, 0.6) is 0 Å². The Kier molecular flexibility index (Phi) is 3.51. The van der Waals surface area contributed by atoms with Crippen LogP contribution in [0.3, 0.4) is 0 Å². The second-order valence-corrected chi connectivity index (χ2v) is 7.33. The Morgan fingerprint density at radius 3 is 2.56 bits per heavy atom. The van der Waals surface area contributed by atoms with Gasteiger partial charge in [0.15, 0.2) is 0 Å². The average Bonchev–Trinajstić information content (AvgIpc) is 2.85. The van der Waals surface area contributed by atoms with Crippen LogP contribution in [-0.4, -0.2) is 11.6 Å². The van der Waals surface area contributed by atoms with Crippen molar-refractivity contribution in [2.75, 3.05) is 4.90 Å². The van der Waals surface area contributed by atoms with E-state index in [1.807, 2.05) is 47.4 Å². The van der Waals surface area contributed by atoms with Gasteiger partial charge in [-0.1, -0.05) is 42.5 Å². The summed E-state index contributed by atoms with van der Waals surface area (Å²) in [5.74, 6) is 0.0691. The highest BCUT2D eigenvalue weighted by molar-refractivity contribution is 6.15. The Bertz CT molecular complexity index is 1110. The van der Waals surface area contributed by atoms with E-state index in [1.165, 1.54) is 11.1 Å². The lowest BCUT2D eigenvalue weighted by Crippen LogP contribution is -2.28. The zero-order valence-corrected chi connectivity index (χ0v) is 15.4. The van der Waals surface area contributed by atoms with Gasteiger partial charge >= 0.3 is 0 Å². The summed E-state index contributed by atoms with van der Waals surface area (Å²) in [5.41, 5.74) is 8.34. The van der Waals surface area contributed by atoms with Crippen molar-refractivity contribution in [3.05, 3.63) is 94.5 Å². The monoisotopic (exact) mass is 352 g/mol. The first-order valence-corrected chi connectivity index (χ1v) is 9.30. The molecule has 0 radical (unpaired) electrons. The molecule has 0 aliphatic carbocycles. The molecular weight excluding hydrogens is 332 g/mol. The first-order chi connectivity index (χ1) is 13.1. The number of anilines is 1. The number of nitrogens with zero attached hydrogens (tertiary/aromatic N) is 2. The maximum atomic E-state index is 13.2. The van der Waals surface area contributed by atoms with E-state index in [0.29, 0.717) is 6.42 Å². The first kappa shape index (κ1) is 16.0. The standard InChI is InChI=1S/C24H20N2O/c1-15-11-12-17(13-16(15)2)21-14-23-18-7-3-4-8-19(18)24(27)26(23)22-10-6-5-9-20(22)25-21/h3-13,23H,14H2,1-2H3/t23-/m1/s1. The van der Waals surface area contributed by atoms with Crippen molar-refractivity contribution in [1.82, 2.24) is 0 Å². The van der Waals surface area contributed by atoms with E-state index in [0.717, 1.165) is 33.8 Å². The zero-order chi connectivity index (χ0) is 18.5. The molecule has 0 unspecified atom stereocenters. The highest BCUT2D eigenvalue weighted by atomic mass is 16.2. The fourth-order valence-corrected chi connectivity index (χ4v) is 4.11. The minimum Gasteiger partial charge on any atom is -0.298 e. The Morgan fingerprint density at radius 1 is 0.926 bits per heavy atom. The molecule has 1 atom stereocenters. The lowest BCUT2D eigenvalue weighted by molar-refractivity contribution is 0.0992. The van der Waals surface area contributed by atoms with Gasteiger partial charge in [-0.15, -0.1) is 0 Å². The van der Waals surface area contributed by atoms with E-state index >= 15 is 0 Å². The van der Waals surface area contributed by atoms with Gasteiger partial charge in [0.1, 0.15) is 0 Å². The molecule has 3 aromatic rings. The summed E-state index contributed by atoms with van der Waals surface area (Å²) >= 11 is 0. The van der Waals surface area contributed by atoms with Crippen molar-refractivity contribution < 1.29 is 4.79 Å². The number of amides is 1. The van der Waals surface area contributed by atoms with E-state index in [-0.39, 0.29) is 11.9 Å². The molecule has 0 aromatic heterocycles. The number of para-hydroxylation sites is 2. The van der Waals surface area contributed by atoms with Gasteiger partial charge in [0.25, 0.3) is 5.91 Å². The molecule has 0 saturated carbocycles. The molecule has 1 amide bonds. The lowest BCUT2D eigenvalue weighted by Gasteiger charge is -2.24. The fraction of sp³-hybridized carbons (Fsp3) is 0.167. The van der Waals surface area contributed by atoms with Crippen molar-refractivity contribution in [3.8, 4) is 0 Å². The van der Waals surface area contributed by atoms with Crippen molar-refractivity contribution >= 4 is 23.0 Å². The number of hydrogen-bond acceptors (Lipinski definition) is 2. The van der Waals surface area contributed by atoms with Crippen LogP contribution in [-0.2, 0) is 0 Å². The summed E-state index contributed by atoms with van der Waals surface area (Å²) in [4.78, 5) is 20.1. The predicted molar refractivity (Wildman–Crippen MR) is 109 cm³/mol. The molecule has 2 aliphatic rings. The van der Waals surface area contributed by atoms with E-state index in [4.69, 9.17) is 4.99 Å². The van der Waals surface area contributed by atoms with Crippen LogP contribution < -0.4 is 4.90 Å². The molecule has 0 saturated heterocycles. The molecule has 0 fully saturated rings. The number of benzene rings is 3. The molecule has 27 heavy (non-hydrogen) atoms. The molecule has 3 aromatic carbocycles. The Labute approximate surface area is 159 Å². The first-order valence-electron chi connectivity index (χ1n) is 9.30. The van der Waals surface area contributed by atoms with E-state index in [9.17, 15) is 4.79 Å². The van der Waals surface area contributed by atoms with Crippen LogP contribution in [0.2, 0.25) is 0 Å². The molecule has 3 heteroatoms. The smallest absolute Gasteiger partial charge is 0.259 e. The number of aryl methyl sites for hydroxylation is 2. The summed E-state index contributed by atoms with van der Waals surface area (Å²) in [6.45, 7) is 4.25. The Balaban J connectivity index is 1.72. The van der Waals surface area contributed by atoms with E-state index in [1.54, 1.807) is 0 Å². The number of aliphatic imine (C=N–C) groups is 1. The van der Waals surface area contributed by atoms with Crippen molar-refractivity contribution in [3.63, 3.8) is 0 Å². The molecular formula is C24H20N2O. The van der Waals surface area contributed by atoms with Crippen molar-refractivity contribution in [1.29, 1.82) is 0 Å². The molecule has 0 spiro atoms. The fourth-order valence-electron chi connectivity index (χ4n) is 4.11. The van der Waals surface area contributed by atoms with Gasteiger partial charge < -0.3 is 0 Å².